The van der Waals surface area contributed by atoms with Crippen LogP contribution in [-0.4, -0.2) is 12.3 Å². The van der Waals surface area contributed by atoms with E-state index in [1.54, 1.807) is 0 Å². The van der Waals surface area contributed by atoms with Crippen LogP contribution >= 0.6 is 0 Å². The van der Waals surface area contributed by atoms with E-state index in [0.29, 0.717) is 17.8 Å². The summed E-state index contributed by atoms with van der Waals surface area (Å²) < 4.78 is 0. The van der Waals surface area contributed by atoms with Gasteiger partial charge in [-0.15, -0.1) is 0 Å². The number of carbonyl (C=O) groups excluding carboxylic acids is 1. The van der Waals surface area contributed by atoms with Gasteiger partial charge in [0.2, 0.25) is 0 Å². The summed E-state index contributed by atoms with van der Waals surface area (Å²) in [6.07, 6.45) is 1.71. The monoisotopic (exact) mass is 171 g/mol. The molecule has 0 fully saturated rings. The zero-order chi connectivity index (χ0) is 9.78. The molecule has 0 saturated carbocycles. The van der Waals surface area contributed by atoms with E-state index in [1.165, 1.54) is 0 Å². The first-order valence-electron chi connectivity index (χ1n) is 4.57. The number of Topliss-reactive ketones (excluding diaryl/α,β-unsaturated/α-hetero) is 1. The third-order valence-corrected chi connectivity index (χ3v) is 1.76. The van der Waals surface area contributed by atoms with Crippen molar-refractivity contribution in [1.29, 1.82) is 0 Å². The van der Waals surface area contributed by atoms with E-state index in [9.17, 15) is 4.79 Å². The van der Waals surface area contributed by atoms with Crippen LogP contribution < -0.4 is 5.73 Å². The van der Waals surface area contributed by atoms with Gasteiger partial charge in [-0.1, -0.05) is 27.7 Å². The average molecular weight is 171 g/mol. The molecular weight excluding hydrogens is 150 g/mol. The molecule has 0 aromatic heterocycles. The van der Waals surface area contributed by atoms with Gasteiger partial charge in [-0.25, -0.2) is 0 Å². The van der Waals surface area contributed by atoms with Crippen LogP contribution in [0.5, 0.6) is 0 Å². The van der Waals surface area contributed by atoms with Gasteiger partial charge >= 0.3 is 0 Å². The molecule has 0 heterocycles. The van der Waals surface area contributed by atoms with Crippen molar-refractivity contribution in [2.45, 2.75) is 40.5 Å². The average Bonchev–Trinajstić information content (AvgIpc) is 1.82. The highest BCUT2D eigenvalue weighted by atomic mass is 16.1. The van der Waals surface area contributed by atoms with E-state index in [2.05, 4.69) is 27.7 Å². The molecule has 0 aliphatic carbocycles. The van der Waals surface area contributed by atoms with Crippen molar-refractivity contribution >= 4 is 5.78 Å². The van der Waals surface area contributed by atoms with Crippen molar-refractivity contribution in [2.75, 3.05) is 6.54 Å². The number of nitrogens with two attached hydrogens (primary N) is 1. The van der Waals surface area contributed by atoms with Crippen molar-refractivity contribution in [3.8, 4) is 0 Å². The van der Waals surface area contributed by atoms with Crippen LogP contribution in [-0.2, 0) is 4.79 Å². The van der Waals surface area contributed by atoms with Crippen molar-refractivity contribution in [3.63, 3.8) is 0 Å². The summed E-state index contributed by atoms with van der Waals surface area (Å²) >= 11 is 0. The summed E-state index contributed by atoms with van der Waals surface area (Å²) in [5.74, 6) is 0.632. The van der Waals surface area contributed by atoms with E-state index in [4.69, 9.17) is 5.73 Å². The zero-order valence-corrected chi connectivity index (χ0v) is 8.68. The maximum Gasteiger partial charge on any atom is 0.146 e. The summed E-state index contributed by atoms with van der Waals surface area (Å²) in [5, 5.41) is 0. The maximum absolute atomic E-state index is 11.0. The zero-order valence-electron chi connectivity index (χ0n) is 8.68. The summed E-state index contributed by atoms with van der Waals surface area (Å²) in [7, 11) is 0. The van der Waals surface area contributed by atoms with Gasteiger partial charge in [0, 0.05) is 6.42 Å². The van der Waals surface area contributed by atoms with Crippen LogP contribution in [0.15, 0.2) is 0 Å². The van der Waals surface area contributed by atoms with Gasteiger partial charge in [-0.2, -0.15) is 0 Å². The molecule has 12 heavy (non-hydrogen) atoms. The molecule has 0 aliphatic heterocycles. The largest absolute Gasteiger partial charge is 0.324 e. The molecule has 0 aromatic carbocycles. The van der Waals surface area contributed by atoms with Crippen LogP contribution in [0.4, 0.5) is 0 Å². The fourth-order valence-electron chi connectivity index (χ4n) is 1.59. The van der Waals surface area contributed by atoms with Gasteiger partial charge < -0.3 is 5.73 Å². The molecule has 2 nitrogen and oxygen atoms in total. The van der Waals surface area contributed by atoms with Gasteiger partial charge in [0.1, 0.15) is 5.78 Å². The highest BCUT2D eigenvalue weighted by molar-refractivity contribution is 5.80. The molecule has 0 saturated heterocycles. The Labute approximate surface area is 75.5 Å². The van der Waals surface area contributed by atoms with Crippen LogP contribution in [0.25, 0.3) is 0 Å². The molecule has 1 atom stereocenters. The summed E-state index contributed by atoms with van der Waals surface area (Å²) in [5.41, 5.74) is 5.55. The fraction of sp³-hybridized carbons (Fsp3) is 0.900. The van der Waals surface area contributed by atoms with Crippen molar-refractivity contribution in [1.82, 2.24) is 0 Å². The van der Waals surface area contributed by atoms with E-state index in [1.807, 2.05) is 0 Å². The summed E-state index contributed by atoms with van der Waals surface area (Å²) in [6.45, 7) is 8.87. The number of rotatable bonds is 4. The lowest BCUT2D eigenvalue weighted by Crippen LogP contribution is -2.19. The molecule has 0 aliphatic rings. The van der Waals surface area contributed by atoms with Crippen LogP contribution in [0.3, 0.4) is 0 Å². The number of hydrogen-bond donors (Lipinski definition) is 1. The number of ketones is 1. The molecule has 1 unspecified atom stereocenters. The van der Waals surface area contributed by atoms with Gasteiger partial charge in [0.05, 0.1) is 6.54 Å². The Morgan fingerprint density at radius 2 is 1.92 bits per heavy atom. The maximum atomic E-state index is 11.0. The molecule has 2 heteroatoms. The Morgan fingerprint density at radius 1 is 1.42 bits per heavy atom. The first-order chi connectivity index (χ1) is 5.35. The van der Waals surface area contributed by atoms with E-state index in [0.717, 1.165) is 6.42 Å². The topological polar surface area (TPSA) is 43.1 Å². The standard InChI is InChI=1S/C10H21NO/c1-8(5-9(12)7-11)6-10(2,3)4/h8H,5-7,11H2,1-4H3. The fourth-order valence-corrected chi connectivity index (χ4v) is 1.59. The normalized spacial score (nSPS) is 14.4. The van der Waals surface area contributed by atoms with Crippen LogP contribution in [0.1, 0.15) is 40.5 Å². The second-order valence-electron chi connectivity index (χ2n) is 4.82. The van der Waals surface area contributed by atoms with Crippen molar-refractivity contribution in [3.05, 3.63) is 0 Å². The summed E-state index contributed by atoms with van der Waals surface area (Å²) in [6, 6.07) is 0. The molecule has 72 valence electrons. The van der Waals surface area contributed by atoms with Crippen LogP contribution in [0, 0.1) is 11.3 Å². The Hall–Kier alpha value is -0.370. The van der Waals surface area contributed by atoms with Gasteiger partial charge in [-0.05, 0) is 17.8 Å². The van der Waals surface area contributed by atoms with E-state index < -0.39 is 0 Å². The predicted octanol–water partition coefficient (Wildman–Crippen LogP) is 1.98. The summed E-state index contributed by atoms with van der Waals surface area (Å²) in [4.78, 5) is 11.0. The first kappa shape index (κ1) is 11.6. The highest BCUT2D eigenvalue weighted by Crippen LogP contribution is 2.25. The molecular formula is C10H21NO. The van der Waals surface area contributed by atoms with Gasteiger partial charge in [-0.3, -0.25) is 4.79 Å². The Balaban J connectivity index is 3.74. The molecule has 0 radical (unpaired) electrons. The second kappa shape index (κ2) is 4.61. The van der Waals surface area contributed by atoms with Crippen molar-refractivity contribution < 1.29 is 4.79 Å². The predicted molar refractivity (Wildman–Crippen MR) is 51.9 cm³/mol. The minimum absolute atomic E-state index is 0.173. The number of carbonyl (C=O) groups is 1. The van der Waals surface area contributed by atoms with E-state index >= 15 is 0 Å². The smallest absolute Gasteiger partial charge is 0.146 e. The second-order valence-corrected chi connectivity index (χ2v) is 4.82. The Kier molecular flexibility index (Phi) is 4.46. The minimum atomic E-state index is 0.173. The molecule has 2 N–H and O–H groups in total. The minimum Gasteiger partial charge on any atom is -0.324 e. The molecule has 0 rings (SSSR count). The molecule has 0 amide bonds. The SMILES string of the molecule is CC(CC(=O)CN)CC(C)(C)C. The molecule has 0 bridgehead atoms. The quantitative estimate of drug-likeness (QED) is 0.702. The molecule has 0 spiro atoms. The first-order valence-corrected chi connectivity index (χ1v) is 4.57. The Bertz CT molecular complexity index is 146. The third-order valence-electron chi connectivity index (χ3n) is 1.76. The molecule has 0 aromatic rings. The van der Waals surface area contributed by atoms with E-state index in [-0.39, 0.29) is 12.3 Å². The lowest BCUT2D eigenvalue weighted by molar-refractivity contribution is -0.118. The highest BCUT2D eigenvalue weighted by Gasteiger charge is 2.16. The van der Waals surface area contributed by atoms with Gasteiger partial charge in [0.15, 0.2) is 0 Å². The third kappa shape index (κ3) is 6.35. The van der Waals surface area contributed by atoms with Crippen molar-refractivity contribution in [2.24, 2.45) is 17.1 Å². The lowest BCUT2D eigenvalue weighted by atomic mass is 9.83. The Morgan fingerprint density at radius 3 is 2.25 bits per heavy atom. The van der Waals surface area contributed by atoms with Crippen LogP contribution in [0.2, 0.25) is 0 Å². The number of hydrogen-bond acceptors (Lipinski definition) is 2. The lowest BCUT2D eigenvalue weighted by Gasteiger charge is -2.22. The van der Waals surface area contributed by atoms with Gasteiger partial charge in [0.25, 0.3) is 0 Å².